The quantitative estimate of drug-likeness (QED) is 0.680. The summed E-state index contributed by atoms with van der Waals surface area (Å²) < 4.78 is 5.39. The van der Waals surface area contributed by atoms with Gasteiger partial charge in [0, 0.05) is 25.1 Å². The van der Waals surface area contributed by atoms with E-state index in [2.05, 4.69) is 12.2 Å². The van der Waals surface area contributed by atoms with Gasteiger partial charge >= 0.3 is 0 Å². The molecule has 0 aromatic heterocycles. The van der Waals surface area contributed by atoms with Gasteiger partial charge < -0.3 is 15.8 Å². The Morgan fingerprint density at radius 2 is 2.36 bits per heavy atom. The molecule has 0 spiro atoms. The summed E-state index contributed by atoms with van der Waals surface area (Å²) in [6.07, 6.45) is 2.57. The lowest BCUT2D eigenvalue weighted by molar-refractivity contribution is 0.177. The zero-order valence-corrected chi connectivity index (χ0v) is 9.04. The Morgan fingerprint density at radius 1 is 1.57 bits per heavy atom. The topological polar surface area (TPSA) is 47.3 Å². The second kappa shape index (κ2) is 4.60. The van der Waals surface area contributed by atoms with Crippen molar-refractivity contribution in [2.75, 3.05) is 26.3 Å². The maximum Gasteiger partial charge on any atom is 0.0510 e. The van der Waals surface area contributed by atoms with E-state index in [-0.39, 0.29) is 0 Å². The van der Waals surface area contributed by atoms with Crippen LogP contribution in [0.5, 0.6) is 0 Å². The zero-order valence-electron chi connectivity index (χ0n) is 9.04. The van der Waals surface area contributed by atoms with Gasteiger partial charge in [-0.3, -0.25) is 0 Å². The SMILES string of the molecule is CC1CC1CNC(CN)C1CCOC1. The lowest BCUT2D eigenvalue weighted by atomic mass is 9.99. The zero-order chi connectivity index (χ0) is 9.97. The highest BCUT2D eigenvalue weighted by molar-refractivity contribution is 4.87. The molecule has 14 heavy (non-hydrogen) atoms. The number of nitrogens with one attached hydrogen (secondary N) is 1. The summed E-state index contributed by atoms with van der Waals surface area (Å²) in [4.78, 5) is 0. The molecule has 2 aliphatic rings. The smallest absolute Gasteiger partial charge is 0.0510 e. The molecule has 1 heterocycles. The first kappa shape index (κ1) is 10.4. The summed E-state index contributed by atoms with van der Waals surface area (Å²) in [6, 6.07) is 0.477. The van der Waals surface area contributed by atoms with E-state index in [0.29, 0.717) is 12.0 Å². The highest BCUT2D eigenvalue weighted by Gasteiger charge is 2.33. The molecule has 4 atom stereocenters. The Balaban J connectivity index is 1.69. The summed E-state index contributed by atoms with van der Waals surface area (Å²) in [6.45, 7) is 6.04. The molecule has 1 saturated heterocycles. The summed E-state index contributed by atoms with van der Waals surface area (Å²) in [7, 11) is 0. The van der Waals surface area contributed by atoms with E-state index in [0.717, 1.165) is 38.1 Å². The van der Waals surface area contributed by atoms with Gasteiger partial charge in [0.1, 0.15) is 0 Å². The molecule has 0 radical (unpaired) electrons. The number of hydrogen-bond donors (Lipinski definition) is 2. The molecule has 4 unspecified atom stereocenters. The lowest BCUT2D eigenvalue weighted by Gasteiger charge is -2.22. The molecule has 0 aromatic rings. The van der Waals surface area contributed by atoms with Crippen LogP contribution >= 0.6 is 0 Å². The van der Waals surface area contributed by atoms with Gasteiger partial charge in [-0.25, -0.2) is 0 Å². The summed E-state index contributed by atoms with van der Waals surface area (Å²) >= 11 is 0. The third-order valence-corrected chi connectivity index (χ3v) is 3.71. The predicted octanol–water partition coefficient (Wildman–Crippen LogP) is 0.596. The average Bonchev–Trinajstić information content (AvgIpc) is 2.70. The molecule has 0 aromatic carbocycles. The van der Waals surface area contributed by atoms with Crippen molar-refractivity contribution < 1.29 is 4.74 Å². The van der Waals surface area contributed by atoms with Gasteiger partial charge in [-0.2, -0.15) is 0 Å². The standard InChI is InChI=1S/C11H22N2O/c1-8-4-10(8)6-13-11(5-12)9-2-3-14-7-9/h8-11,13H,2-7,12H2,1H3. The van der Waals surface area contributed by atoms with Gasteiger partial charge in [-0.15, -0.1) is 0 Å². The maximum atomic E-state index is 5.78. The number of hydrogen-bond acceptors (Lipinski definition) is 3. The molecule has 2 fully saturated rings. The fourth-order valence-corrected chi connectivity index (χ4v) is 2.30. The van der Waals surface area contributed by atoms with Crippen LogP contribution in [0.25, 0.3) is 0 Å². The van der Waals surface area contributed by atoms with Crippen molar-refractivity contribution >= 4 is 0 Å². The number of nitrogens with two attached hydrogens (primary N) is 1. The van der Waals surface area contributed by atoms with E-state index < -0.39 is 0 Å². The van der Waals surface area contributed by atoms with E-state index in [9.17, 15) is 0 Å². The van der Waals surface area contributed by atoms with Crippen LogP contribution in [0.4, 0.5) is 0 Å². The minimum atomic E-state index is 0.477. The minimum Gasteiger partial charge on any atom is -0.381 e. The third kappa shape index (κ3) is 2.47. The average molecular weight is 198 g/mol. The monoisotopic (exact) mass is 198 g/mol. The highest BCUT2D eigenvalue weighted by atomic mass is 16.5. The molecular weight excluding hydrogens is 176 g/mol. The Bertz CT molecular complexity index is 180. The minimum absolute atomic E-state index is 0.477. The van der Waals surface area contributed by atoms with Crippen molar-refractivity contribution in [2.45, 2.75) is 25.8 Å². The second-order valence-corrected chi connectivity index (χ2v) is 4.85. The van der Waals surface area contributed by atoms with Gasteiger partial charge in [0.2, 0.25) is 0 Å². The lowest BCUT2D eigenvalue weighted by Crippen LogP contribution is -2.43. The molecule has 1 saturated carbocycles. The van der Waals surface area contributed by atoms with E-state index in [1.807, 2.05) is 0 Å². The normalized spacial score (nSPS) is 38.6. The molecule has 1 aliphatic carbocycles. The van der Waals surface area contributed by atoms with Crippen molar-refractivity contribution in [3.63, 3.8) is 0 Å². The Labute approximate surface area is 86.4 Å². The van der Waals surface area contributed by atoms with Crippen LogP contribution < -0.4 is 11.1 Å². The van der Waals surface area contributed by atoms with Crippen LogP contribution in [0.15, 0.2) is 0 Å². The Hall–Kier alpha value is -0.120. The fourth-order valence-electron chi connectivity index (χ4n) is 2.30. The van der Waals surface area contributed by atoms with Crippen molar-refractivity contribution in [1.82, 2.24) is 5.32 Å². The first-order valence-electron chi connectivity index (χ1n) is 5.82. The van der Waals surface area contributed by atoms with Gasteiger partial charge in [0.05, 0.1) is 6.61 Å². The van der Waals surface area contributed by atoms with Crippen LogP contribution in [-0.4, -0.2) is 32.3 Å². The molecule has 0 bridgehead atoms. The van der Waals surface area contributed by atoms with Crippen molar-refractivity contribution in [2.24, 2.45) is 23.5 Å². The molecule has 3 N–H and O–H groups in total. The largest absolute Gasteiger partial charge is 0.381 e. The van der Waals surface area contributed by atoms with E-state index in [4.69, 9.17) is 10.5 Å². The van der Waals surface area contributed by atoms with Gasteiger partial charge in [0.25, 0.3) is 0 Å². The predicted molar refractivity (Wildman–Crippen MR) is 57.0 cm³/mol. The van der Waals surface area contributed by atoms with Gasteiger partial charge in [-0.05, 0) is 31.2 Å². The fraction of sp³-hybridized carbons (Fsp3) is 1.00. The summed E-state index contributed by atoms with van der Waals surface area (Å²) in [5.41, 5.74) is 5.78. The number of ether oxygens (including phenoxy) is 1. The van der Waals surface area contributed by atoms with E-state index in [1.54, 1.807) is 0 Å². The first-order valence-corrected chi connectivity index (χ1v) is 5.82. The molecule has 1 aliphatic heterocycles. The molecule has 3 nitrogen and oxygen atoms in total. The number of rotatable bonds is 5. The van der Waals surface area contributed by atoms with E-state index >= 15 is 0 Å². The summed E-state index contributed by atoms with van der Waals surface area (Å²) in [5.74, 6) is 2.49. The molecular formula is C11H22N2O. The molecule has 3 heteroatoms. The van der Waals surface area contributed by atoms with Crippen molar-refractivity contribution in [3.8, 4) is 0 Å². The van der Waals surface area contributed by atoms with Crippen LogP contribution in [0.1, 0.15) is 19.8 Å². The second-order valence-electron chi connectivity index (χ2n) is 4.85. The first-order chi connectivity index (χ1) is 6.81. The van der Waals surface area contributed by atoms with Crippen molar-refractivity contribution in [1.29, 1.82) is 0 Å². The van der Waals surface area contributed by atoms with Crippen LogP contribution in [0, 0.1) is 17.8 Å². The third-order valence-electron chi connectivity index (χ3n) is 3.71. The molecule has 0 amide bonds. The van der Waals surface area contributed by atoms with Gasteiger partial charge in [0.15, 0.2) is 0 Å². The van der Waals surface area contributed by atoms with E-state index in [1.165, 1.54) is 12.8 Å². The Morgan fingerprint density at radius 3 is 2.86 bits per heavy atom. The van der Waals surface area contributed by atoms with Crippen LogP contribution in [-0.2, 0) is 4.74 Å². The highest BCUT2D eigenvalue weighted by Crippen LogP contribution is 2.37. The Kier molecular flexibility index (Phi) is 3.42. The van der Waals surface area contributed by atoms with Gasteiger partial charge in [-0.1, -0.05) is 6.92 Å². The van der Waals surface area contributed by atoms with Crippen molar-refractivity contribution in [3.05, 3.63) is 0 Å². The summed E-state index contributed by atoms with van der Waals surface area (Å²) in [5, 5.41) is 3.60. The van der Waals surface area contributed by atoms with Crippen LogP contribution in [0.3, 0.4) is 0 Å². The molecule has 2 rings (SSSR count). The van der Waals surface area contributed by atoms with Crippen LogP contribution in [0.2, 0.25) is 0 Å². The molecule has 82 valence electrons. The maximum absolute atomic E-state index is 5.78.